The van der Waals surface area contributed by atoms with E-state index < -0.39 is 11.4 Å². The normalized spacial score (nSPS) is 42.9. The van der Waals surface area contributed by atoms with E-state index in [9.17, 15) is 9.90 Å². The monoisotopic (exact) mass is 196 g/mol. The van der Waals surface area contributed by atoms with Crippen LogP contribution in [0.15, 0.2) is 0 Å². The minimum Gasteiger partial charge on any atom is -0.481 e. The first-order valence-electron chi connectivity index (χ1n) is 5.85. The van der Waals surface area contributed by atoms with Gasteiger partial charge in [0, 0.05) is 0 Å². The van der Waals surface area contributed by atoms with Gasteiger partial charge < -0.3 is 5.11 Å². The van der Waals surface area contributed by atoms with E-state index in [1.807, 2.05) is 6.92 Å². The van der Waals surface area contributed by atoms with Crippen molar-refractivity contribution in [3.8, 4) is 0 Å². The lowest BCUT2D eigenvalue weighted by atomic mass is 9.62. The SMILES string of the molecule is C[C@@]1(C(=O)O)CC[C@@H]2CCCC[C@@H]2C1. The van der Waals surface area contributed by atoms with Crippen molar-refractivity contribution >= 4 is 5.97 Å². The maximum absolute atomic E-state index is 11.2. The van der Waals surface area contributed by atoms with Gasteiger partial charge in [-0.2, -0.15) is 0 Å². The maximum atomic E-state index is 11.2. The van der Waals surface area contributed by atoms with Crippen molar-refractivity contribution in [2.24, 2.45) is 17.3 Å². The number of carboxylic acid groups (broad SMARTS) is 1. The fourth-order valence-corrected chi connectivity index (χ4v) is 3.31. The number of hydrogen-bond donors (Lipinski definition) is 1. The molecular formula is C12H20O2. The first-order chi connectivity index (χ1) is 6.62. The van der Waals surface area contributed by atoms with Crippen LogP contribution in [0.3, 0.4) is 0 Å². The first-order valence-corrected chi connectivity index (χ1v) is 5.85. The maximum Gasteiger partial charge on any atom is 0.309 e. The molecule has 1 N–H and O–H groups in total. The van der Waals surface area contributed by atoms with E-state index >= 15 is 0 Å². The topological polar surface area (TPSA) is 37.3 Å². The van der Waals surface area contributed by atoms with Crippen LogP contribution in [0.25, 0.3) is 0 Å². The molecular weight excluding hydrogens is 176 g/mol. The van der Waals surface area contributed by atoms with Crippen molar-refractivity contribution in [3.05, 3.63) is 0 Å². The number of carboxylic acids is 1. The minimum absolute atomic E-state index is 0.418. The highest BCUT2D eigenvalue weighted by atomic mass is 16.4. The van der Waals surface area contributed by atoms with E-state index in [0.717, 1.165) is 25.2 Å². The Bertz CT molecular complexity index is 236. The lowest BCUT2D eigenvalue weighted by Crippen LogP contribution is -2.38. The third-order valence-corrected chi connectivity index (χ3v) is 4.36. The molecule has 0 spiro atoms. The molecule has 0 unspecified atom stereocenters. The van der Waals surface area contributed by atoms with Crippen LogP contribution in [0, 0.1) is 17.3 Å². The summed E-state index contributed by atoms with van der Waals surface area (Å²) in [7, 11) is 0. The lowest BCUT2D eigenvalue weighted by Gasteiger charge is -2.42. The van der Waals surface area contributed by atoms with Crippen LogP contribution in [0.2, 0.25) is 0 Å². The number of hydrogen-bond acceptors (Lipinski definition) is 1. The number of fused-ring (bicyclic) bond motifs is 1. The molecule has 3 atom stereocenters. The predicted octanol–water partition coefficient (Wildman–Crippen LogP) is 3.07. The summed E-state index contributed by atoms with van der Waals surface area (Å²) in [6.45, 7) is 1.93. The molecule has 0 radical (unpaired) electrons. The van der Waals surface area contributed by atoms with Crippen molar-refractivity contribution in [1.29, 1.82) is 0 Å². The Hall–Kier alpha value is -0.530. The van der Waals surface area contributed by atoms with E-state index in [1.165, 1.54) is 25.7 Å². The van der Waals surface area contributed by atoms with Crippen molar-refractivity contribution in [1.82, 2.24) is 0 Å². The first kappa shape index (κ1) is 10.0. The van der Waals surface area contributed by atoms with Gasteiger partial charge in [-0.05, 0) is 38.0 Å². The van der Waals surface area contributed by atoms with Crippen molar-refractivity contribution in [2.45, 2.75) is 51.9 Å². The van der Waals surface area contributed by atoms with Crippen molar-refractivity contribution < 1.29 is 9.90 Å². The highest BCUT2D eigenvalue weighted by Gasteiger charge is 2.42. The highest BCUT2D eigenvalue weighted by Crippen LogP contribution is 2.48. The smallest absolute Gasteiger partial charge is 0.309 e. The average molecular weight is 196 g/mol. The molecule has 2 rings (SSSR count). The second-order valence-corrected chi connectivity index (χ2v) is 5.41. The summed E-state index contributed by atoms with van der Waals surface area (Å²) in [5.74, 6) is 0.969. The van der Waals surface area contributed by atoms with Crippen molar-refractivity contribution in [2.75, 3.05) is 0 Å². The Morgan fingerprint density at radius 2 is 1.86 bits per heavy atom. The van der Waals surface area contributed by atoms with E-state index in [-0.39, 0.29) is 0 Å². The van der Waals surface area contributed by atoms with E-state index in [2.05, 4.69) is 0 Å². The molecule has 0 aliphatic heterocycles. The summed E-state index contributed by atoms with van der Waals surface area (Å²) >= 11 is 0. The molecule has 0 aromatic rings. The predicted molar refractivity (Wildman–Crippen MR) is 55.0 cm³/mol. The number of carbonyl (C=O) groups is 1. The molecule has 0 saturated heterocycles. The zero-order valence-electron chi connectivity index (χ0n) is 8.96. The van der Waals surface area contributed by atoms with Gasteiger partial charge in [-0.25, -0.2) is 0 Å². The van der Waals surface area contributed by atoms with Crippen LogP contribution in [-0.2, 0) is 4.79 Å². The summed E-state index contributed by atoms with van der Waals surface area (Å²) in [4.78, 5) is 11.2. The Kier molecular flexibility index (Phi) is 2.54. The average Bonchev–Trinajstić information content (AvgIpc) is 2.17. The fourth-order valence-electron chi connectivity index (χ4n) is 3.31. The second-order valence-electron chi connectivity index (χ2n) is 5.41. The molecule has 0 aromatic heterocycles. The van der Waals surface area contributed by atoms with E-state index in [0.29, 0.717) is 5.92 Å². The molecule has 0 aromatic carbocycles. The quantitative estimate of drug-likeness (QED) is 0.699. The Morgan fingerprint density at radius 3 is 2.50 bits per heavy atom. The second kappa shape index (κ2) is 3.56. The lowest BCUT2D eigenvalue weighted by molar-refractivity contribution is -0.152. The van der Waals surface area contributed by atoms with Crippen LogP contribution >= 0.6 is 0 Å². The van der Waals surface area contributed by atoms with E-state index in [4.69, 9.17) is 0 Å². The Labute approximate surface area is 85.7 Å². The van der Waals surface area contributed by atoms with Gasteiger partial charge in [0.25, 0.3) is 0 Å². The van der Waals surface area contributed by atoms with E-state index in [1.54, 1.807) is 0 Å². The van der Waals surface area contributed by atoms with Crippen molar-refractivity contribution in [3.63, 3.8) is 0 Å². The van der Waals surface area contributed by atoms with Crippen LogP contribution < -0.4 is 0 Å². The summed E-state index contributed by atoms with van der Waals surface area (Å²) in [5.41, 5.74) is -0.418. The van der Waals surface area contributed by atoms with Gasteiger partial charge in [0.15, 0.2) is 0 Å². The molecule has 0 bridgehead atoms. The van der Waals surface area contributed by atoms with Gasteiger partial charge in [0.05, 0.1) is 5.41 Å². The summed E-state index contributed by atoms with van der Waals surface area (Å²) in [5, 5.41) is 9.19. The van der Waals surface area contributed by atoms with Crippen LogP contribution in [0.4, 0.5) is 0 Å². The molecule has 80 valence electrons. The van der Waals surface area contributed by atoms with Crippen LogP contribution in [0.1, 0.15) is 51.9 Å². The zero-order chi connectivity index (χ0) is 10.2. The molecule has 0 amide bonds. The molecule has 2 saturated carbocycles. The molecule has 14 heavy (non-hydrogen) atoms. The van der Waals surface area contributed by atoms with Gasteiger partial charge in [-0.3, -0.25) is 4.79 Å². The third kappa shape index (κ3) is 1.67. The molecule has 2 aliphatic carbocycles. The fraction of sp³-hybridized carbons (Fsp3) is 0.917. The largest absolute Gasteiger partial charge is 0.481 e. The Morgan fingerprint density at radius 1 is 1.21 bits per heavy atom. The standard InChI is InChI=1S/C12H20O2/c1-12(11(13)14)7-6-9-4-2-3-5-10(9)8-12/h9-10H,2-8H2,1H3,(H,13,14)/t9-,10+,12+/m0/s1. The number of rotatable bonds is 1. The van der Waals surface area contributed by atoms with Gasteiger partial charge in [0.1, 0.15) is 0 Å². The molecule has 2 fully saturated rings. The Balaban J connectivity index is 2.05. The van der Waals surface area contributed by atoms with Gasteiger partial charge in [-0.15, -0.1) is 0 Å². The molecule has 2 heteroatoms. The van der Waals surface area contributed by atoms with Crippen LogP contribution in [0.5, 0.6) is 0 Å². The van der Waals surface area contributed by atoms with Gasteiger partial charge >= 0.3 is 5.97 Å². The minimum atomic E-state index is -0.582. The highest BCUT2D eigenvalue weighted by molar-refractivity contribution is 5.74. The van der Waals surface area contributed by atoms with Crippen LogP contribution in [-0.4, -0.2) is 11.1 Å². The molecule has 2 nitrogen and oxygen atoms in total. The molecule has 2 aliphatic rings. The summed E-state index contributed by atoms with van der Waals surface area (Å²) in [6.07, 6.45) is 8.26. The number of aliphatic carboxylic acids is 1. The third-order valence-electron chi connectivity index (χ3n) is 4.36. The summed E-state index contributed by atoms with van der Waals surface area (Å²) < 4.78 is 0. The molecule has 0 heterocycles. The van der Waals surface area contributed by atoms with Gasteiger partial charge in [0.2, 0.25) is 0 Å². The summed E-state index contributed by atoms with van der Waals surface area (Å²) in [6, 6.07) is 0. The van der Waals surface area contributed by atoms with Gasteiger partial charge in [-0.1, -0.05) is 25.7 Å². The zero-order valence-corrected chi connectivity index (χ0v) is 8.96.